The number of thiazole rings is 1. The number of halogens is 3. The van der Waals surface area contributed by atoms with E-state index in [1.54, 1.807) is 22.7 Å². The molecule has 1 N–H and O–H groups in total. The molecule has 0 radical (unpaired) electrons. The number of aliphatic carboxylic acids is 1. The number of anilines is 1. The third-order valence-electron chi connectivity index (χ3n) is 4.98. The second kappa shape index (κ2) is 9.85. The number of imidazole rings is 1. The van der Waals surface area contributed by atoms with E-state index < -0.39 is 12.1 Å². The van der Waals surface area contributed by atoms with Crippen LogP contribution in [0.4, 0.5) is 19.0 Å². The van der Waals surface area contributed by atoms with Gasteiger partial charge < -0.3 is 10.0 Å². The Morgan fingerprint density at radius 1 is 1.09 bits per heavy atom. The van der Waals surface area contributed by atoms with Crippen LogP contribution < -0.4 is 4.90 Å². The zero-order valence-corrected chi connectivity index (χ0v) is 18.8. The topological polar surface area (TPSA) is 86.9 Å². The van der Waals surface area contributed by atoms with E-state index in [1.165, 1.54) is 10.6 Å². The monoisotopic (exact) mass is 496 g/mol. The largest absolute Gasteiger partial charge is 0.490 e. The fourth-order valence-corrected chi connectivity index (χ4v) is 4.70. The minimum atomic E-state index is -5.08. The number of aromatic nitrogens is 4. The van der Waals surface area contributed by atoms with Gasteiger partial charge in [-0.05, 0) is 11.4 Å². The van der Waals surface area contributed by atoms with Gasteiger partial charge in [0.2, 0.25) is 0 Å². The van der Waals surface area contributed by atoms with Crippen LogP contribution in [0.2, 0.25) is 0 Å². The Bertz CT molecular complexity index is 1190. The summed E-state index contributed by atoms with van der Waals surface area (Å²) in [6.45, 7) is 4.88. The SMILES string of the molecule is O=C(O)C(F)(F)F.c1csc(CN2CCN(c3nccn4c(-c5ccsc5)cnc34)CC2)n1. The number of carboxylic acids is 1. The van der Waals surface area contributed by atoms with E-state index in [-0.39, 0.29) is 0 Å². The average molecular weight is 497 g/mol. The van der Waals surface area contributed by atoms with Gasteiger partial charge in [-0.25, -0.2) is 19.7 Å². The van der Waals surface area contributed by atoms with Gasteiger partial charge in [0.15, 0.2) is 11.5 Å². The maximum absolute atomic E-state index is 10.6. The molecule has 0 amide bonds. The van der Waals surface area contributed by atoms with Crippen LogP contribution >= 0.6 is 22.7 Å². The molecule has 5 rings (SSSR count). The normalized spacial score (nSPS) is 14.8. The number of hydrogen-bond donors (Lipinski definition) is 1. The molecule has 0 atom stereocenters. The Balaban J connectivity index is 0.000000325. The standard InChI is InChI=1S/C18H18N6S2.C2HF3O2/c1-9-25-13-14(1)15-11-21-18-17(20-2-4-24(15)18)23-7-5-22(6-8-23)12-16-19-3-10-26-16;3-2(4,5)1(6)7/h1-4,9-11,13H,5-8,12H2;(H,6,7). The molecule has 4 aromatic heterocycles. The number of piperazine rings is 1. The van der Waals surface area contributed by atoms with E-state index in [0.717, 1.165) is 49.9 Å². The third kappa shape index (κ3) is 5.49. The van der Waals surface area contributed by atoms with Crippen molar-refractivity contribution < 1.29 is 23.1 Å². The van der Waals surface area contributed by atoms with Crippen molar-refractivity contribution in [3.05, 3.63) is 52.0 Å². The smallest absolute Gasteiger partial charge is 0.475 e. The summed E-state index contributed by atoms with van der Waals surface area (Å²) in [4.78, 5) is 27.4. The van der Waals surface area contributed by atoms with Crippen molar-refractivity contribution in [3.8, 4) is 11.3 Å². The van der Waals surface area contributed by atoms with Crippen LogP contribution in [-0.2, 0) is 11.3 Å². The number of carbonyl (C=O) groups is 1. The summed E-state index contributed by atoms with van der Waals surface area (Å²) in [5, 5.41) is 14.6. The lowest BCUT2D eigenvalue weighted by molar-refractivity contribution is -0.192. The summed E-state index contributed by atoms with van der Waals surface area (Å²) in [5.41, 5.74) is 3.25. The van der Waals surface area contributed by atoms with Crippen LogP contribution in [0.5, 0.6) is 0 Å². The quantitative estimate of drug-likeness (QED) is 0.459. The molecular weight excluding hydrogens is 477 g/mol. The van der Waals surface area contributed by atoms with E-state index in [2.05, 4.69) is 46.0 Å². The predicted molar refractivity (Wildman–Crippen MR) is 120 cm³/mol. The minimum absolute atomic E-state index is 0.932. The fourth-order valence-electron chi connectivity index (χ4n) is 3.39. The van der Waals surface area contributed by atoms with Gasteiger partial charge in [-0.1, -0.05) is 0 Å². The lowest BCUT2D eigenvalue weighted by Gasteiger charge is -2.34. The minimum Gasteiger partial charge on any atom is -0.475 e. The van der Waals surface area contributed by atoms with Crippen LogP contribution in [0.1, 0.15) is 5.01 Å². The predicted octanol–water partition coefficient (Wildman–Crippen LogP) is 3.87. The Labute approximate surface area is 194 Å². The molecule has 0 aromatic carbocycles. The molecule has 0 aliphatic carbocycles. The van der Waals surface area contributed by atoms with Crippen molar-refractivity contribution in [1.29, 1.82) is 0 Å². The van der Waals surface area contributed by atoms with Crippen molar-refractivity contribution >= 4 is 40.1 Å². The van der Waals surface area contributed by atoms with Crippen molar-refractivity contribution in [2.75, 3.05) is 31.1 Å². The molecule has 1 saturated heterocycles. The van der Waals surface area contributed by atoms with Gasteiger partial charge in [0, 0.05) is 61.1 Å². The Hall–Kier alpha value is -3.03. The average Bonchev–Trinajstić information content (AvgIpc) is 3.55. The summed E-state index contributed by atoms with van der Waals surface area (Å²) < 4.78 is 33.9. The summed E-state index contributed by atoms with van der Waals surface area (Å²) >= 11 is 3.43. The third-order valence-corrected chi connectivity index (χ3v) is 6.43. The number of carboxylic acid groups (broad SMARTS) is 1. The van der Waals surface area contributed by atoms with Crippen molar-refractivity contribution in [3.63, 3.8) is 0 Å². The maximum atomic E-state index is 10.6. The molecule has 4 aromatic rings. The molecule has 1 aliphatic rings. The summed E-state index contributed by atoms with van der Waals surface area (Å²) in [6, 6.07) is 2.13. The highest BCUT2D eigenvalue weighted by Crippen LogP contribution is 2.27. The number of alkyl halides is 3. The highest BCUT2D eigenvalue weighted by Gasteiger charge is 2.38. The fraction of sp³-hybridized carbons (Fsp3) is 0.300. The first-order valence-corrected chi connectivity index (χ1v) is 11.7. The molecule has 8 nitrogen and oxygen atoms in total. The van der Waals surface area contributed by atoms with Crippen LogP contribution in [0.3, 0.4) is 0 Å². The molecule has 0 unspecified atom stereocenters. The molecule has 0 bridgehead atoms. The van der Waals surface area contributed by atoms with Crippen LogP contribution in [0.15, 0.2) is 47.0 Å². The van der Waals surface area contributed by atoms with E-state index in [0.29, 0.717) is 0 Å². The molecule has 13 heteroatoms. The lowest BCUT2D eigenvalue weighted by Crippen LogP contribution is -2.46. The molecule has 1 fully saturated rings. The van der Waals surface area contributed by atoms with Crippen molar-refractivity contribution in [2.24, 2.45) is 0 Å². The number of rotatable bonds is 4. The zero-order chi connectivity index (χ0) is 23.4. The van der Waals surface area contributed by atoms with Crippen molar-refractivity contribution in [1.82, 2.24) is 24.3 Å². The lowest BCUT2D eigenvalue weighted by atomic mass is 10.2. The Morgan fingerprint density at radius 2 is 1.85 bits per heavy atom. The van der Waals surface area contributed by atoms with Gasteiger partial charge in [0.05, 0.1) is 18.4 Å². The van der Waals surface area contributed by atoms with Gasteiger partial charge in [-0.2, -0.15) is 24.5 Å². The Kier molecular flexibility index (Phi) is 6.91. The first kappa shape index (κ1) is 23.1. The van der Waals surface area contributed by atoms with Gasteiger partial charge in [-0.3, -0.25) is 9.30 Å². The van der Waals surface area contributed by atoms with Crippen LogP contribution in [-0.4, -0.2) is 67.7 Å². The zero-order valence-electron chi connectivity index (χ0n) is 17.1. The molecule has 33 heavy (non-hydrogen) atoms. The Morgan fingerprint density at radius 3 is 2.45 bits per heavy atom. The summed E-state index contributed by atoms with van der Waals surface area (Å²) in [5.74, 6) is -1.78. The molecule has 1 aliphatic heterocycles. The molecule has 0 spiro atoms. The molecule has 5 heterocycles. The number of thiophene rings is 1. The van der Waals surface area contributed by atoms with E-state index in [1.807, 2.05) is 30.2 Å². The second-order valence-corrected chi connectivity index (χ2v) is 8.85. The van der Waals surface area contributed by atoms with Gasteiger partial charge in [0.1, 0.15) is 5.01 Å². The van der Waals surface area contributed by atoms with E-state index >= 15 is 0 Å². The highest BCUT2D eigenvalue weighted by atomic mass is 32.1. The molecule has 174 valence electrons. The number of nitrogens with zero attached hydrogens (tertiary/aromatic N) is 6. The highest BCUT2D eigenvalue weighted by molar-refractivity contribution is 7.09. The summed E-state index contributed by atoms with van der Waals surface area (Å²) in [7, 11) is 0. The van der Waals surface area contributed by atoms with Gasteiger partial charge in [0.25, 0.3) is 0 Å². The number of fused-ring (bicyclic) bond motifs is 1. The first-order valence-electron chi connectivity index (χ1n) is 9.83. The van der Waals surface area contributed by atoms with E-state index in [9.17, 15) is 13.2 Å². The maximum Gasteiger partial charge on any atom is 0.490 e. The second-order valence-electron chi connectivity index (χ2n) is 7.09. The van der Waals surface area contributed by atoms with Gasteiger partial charge >= 0.3 is 12.1 Å². The molecule has 0 saturated carbocycles. The van der Waals surface area contributed by atoms with Gasteiger partial charge in [-0.15, -0.1) is 11.3 Å². The first-order chi connectivity index (χ1) is 15.8. The summed E-state index contributed by atoms with van der Waals surface area (Å²) in [6.07, 6.45) is 2.62. The van der Waals surface area contributed by atoms with Crippen LogP contribution in [0, 0.1) is 0 Å². The molecular formula is C20H19F3N6O2S2. The van der Waals surface area contributed by atoms with Crippen molar-refractivity contribution in [2.45, 2.75) is 12.7 Å². The van der Waals surface area contributed by atoms with E-state index in [4.69, 9.17) is 9.90 Å². The van der Waals surface area contributed by atoms with Crippen LogP contribution in [0.25, 0.3) is 16.9 Å². The number of hydrogen-bond acceptors (Lipinski definition) is 8.